The average Bonchev–Trinajstić information content (AvgIpc) is 2.34. The zero-order valence-electron chi connectivity index (χ0n) is 5.13. The summed E-state index contributed by atoms with van der Waals surface area (Å²) >= 11 is 5.48. The molecule has 0 aliphatic rings. The molecule has 50 valence electrons. The van der Waals surface area contributed by atoms with Gasteiger partial charge in [0.25, 0.3) is 0 Å². The fourth-order valence-corrected chi connectivity index (χ4v) is 0.774. The molecular weight excluding hydrogens is 136 g/mol. The third-order valence-corrected chi connectivity index (χ3v) is 1.35. The highest BCUT2D eigenvalue weighted by Gasteiger charge is 1.86. The third kappa shape index (κ3) is 2.06. The van der Waals surface area contributed by atoms with Gasteiger partial charge in [-0.05, 0) is 12.5 Å². The molecule has 0 spiro atoms. The number of rotatable bonds is 3. The maximum atomic E-state index is 5.48. The monoisotopic (exact) mass is 144 g/mol. The number of hydrogen-bond acceptors (Lipinski definition) is 1. The Bertz CT molecular complexity index is 148. The second-order valence-corrected chi connectivity index (χ2v) is 2.19. The lowest BCUT2D eigenvalue weighted by molar-refractivity contribution is 0.605. The van der Waals surface area contributed by atoms with Crippen molar-refractivity contribution in [2.24, 2.45) is 0 Å². The normalized spacial score (nSPS) is 9.89. The molecule has 0 aliphatic heterocycles. The molecule has 0 unspecified atom stereocenters. The van der Waals surface area contributed by atoms with Gasteiger partial charge in [0, 0.05) is 24.8 Å². The largest absolute Gasteiger partial charge is 0.273 e. The van der Waals surface area contributed by atoms with Crippen molar-refractivity contribution in [1.82, 2.24) is 9.78 Å². The molecule has 1 aromatic rings. The molecule has 1 heterocycles. The fraction of sp³-hybridized carbons (Fsp3) is 0.500. The Morgan fingerprint density at radius 2 is 2.44 bits per heavy atom. The van der Waals surface area contributed by atoms with Crippen molar-refractivity contribution in [1.29, 1.82) is 0 Å². The Morgan fingerprint density at radius 1 is 1.56 bits per heavy atom. The third-order valence-electron chi connectivity index (χ3n) is 1.08. The van der Waals surface area contributed by atoms with Gasteiger partial charge in [-0.1, -0.05) is 0 Å². The predicted molar refractivity (Wildman–Crippen MR) is 37.6 cm³/mol. The number of alkyl halides is 1. The molecule has 0 fully saturated rings. The van der Waals surface area contributed by atoms with Crippen LogP contribution in [0.5, 0.6) is 0 Å². The number of aromatic nitrogens is 2. The van der Waals surface area contributed by atoms with Crippen LogP contribution in [0.25, 0.3) is 0 Å². The minimum atomic E-state index is 0.708. The van der Waals surface area contributed by atoms with Crippen molar-refractivity contribution in [3.63, 3.8) is 0 Å². The summed E-state index contributed by atoms with van der Waals surface area (Å²) in [7, 11) is 0. The molecule has 0 radical (unpaired) electrons. The molecule has 0 aliphatic carbocycles. The highest BCUT2D eigenvalue weighted by Crippen LogP contribution is 1.90. The van der Waals surface area contributed by atoms with E-state index in [-0.39, 0.29) is 0 Å². The van der Waals surface area contributed by atoms with Gasteiger partial charge in [0.1, 0.15) is 0 Å². The first-order valence-corrected chi connectivity index (χ1v) is 3.50. The van der Waals surface area contributed by atoms with Gasteiger partial charge in [0.05, 0.1) is 0 Å². The number of aryl methyl sites for hydroxylation is 1. The maximum Gasteiger partial charge on any atom is 0.0489 e. The topological polar surface area (TPSA) is 17.8 Å². The summed E-state index contributed by atoms with van der Waals surface area (Å²) in [6, 6.07) is 1.91. The zero-order valence-corrected chi connectivity index (χ0v) is 5.88. The van der Waals surface area contributed by atoms with Crippen LogP contribution >= 0.6 is 11.6 Å². The molecule has 0 aromatic carbocycles. The van der Waals surface area contributed by atoms with E-state index in [0.29, 0.717) is 5.88 Å². The van der Waals surface area contributed by atoms with Crippen molar-refractivity contribution in [3.05, 3.63) is 18.5 Å². The first kappa shape index (κ1) is 6.62. The van der Waals surface area contributed by atoms with Gasteiger partial charge >= 0.3 is 0 Å². The second-order valence-electron chi connectivity index (χ2n) is 1.81. The van der Waals surface area contributed by atoms with Crippen molar-refractivity contribution in [3.8, 4) is 0 Å². The number of halogens is 1. The van der Waals surface area contributed by atoms with E-state index in [1.165, 1.54) is 0 Å². The van der Waals surface area contributed by atoms with Crippen molar-refractivity contribution < 1.29 is 0 Å². The minimum absolute atomic E-state index is 0.708. The summed E-state index contributed by atoms with van der Waals surface area (Å²) in [5.74, 6) is 0.708. The summed E-state index contributed by atoms with van der Waals surface area (Å²) < 4.78 is 1.88. The van der Waals surface area contributed by atoms with Gasteiger partial charge in [0.15, 0.2) is 0 Å². The molecule has 0 atom stereocenters. The van der Waals surface area contributed by atoms with Gasteiger partial charge < -0.3 is 0 Å². The first-order chi connectivity index (χ1) is 4.43. The molecule has 0 saturated heterocycles. The van der Waals surface area contributed by atoms with Crippen LogP contribution in [-0.2, 0) is 6.54 Å². The molecule has 0 saturated carbocycles. The smallest absolute Gasteiger partial charge is 0.0489 e. The lowest BCUT2D eigenvalue weighted by Crippen LogP contribution is -1.97. The van der Waals surface area contributed by atoms with E-state index in [1.54, 1.807) is 6.20 Å². The van der Waals surface area contributed by atoms with Crippen LogP contribution in [0, 0.1) is 0 Å². The lowest BCUT2D eigenvalue weighted by Gasteiger charge is -1.95. The van der Waals surface area contributed by atoms with E-state index in [9.17, 15) is 0 Å². The molecule has 9 heavy (non-hydrogen) atoms. The molecular formula is C6H9ClN2. The second kappa shape index (κ2) is 3.51. The predicted octanol–water partition coefficient (Wildman–Crippen LogP) is 1.51. The highest BCUT2D eigenvalue weighted by molar-refractivity contribution is 6.17. The van der Waals surface area contributed by atoms with Crippen LogP contribution < -0.4 is 0 Å². The summed E-state index contributed by atoms with van der Waals surface area (Å²) in [5, 5.41) is 4.01. The van der Waals surface area contributed by atoms with Gasteiger partial charge in [0.2, 0.25) is 0 Å². The Morgan fingerprint density at radius 3 is 3.00 bits per heavy atom. The van der Waals surface area contributed by atoms with Gasteiger partial charge in [-0.3, -0.25) is 4.68 Å². The molecule has 0 amide bonds. The van der Waals surface area contributed by atoms with Crippen LogP contribution in [0.2, 0.25) is 0 Å². The average molecular weight is 145 g/mol. The Labute approximate surface area is 59.4 Å². The van der Waals surface area contributed by atoms with E-state index in [4.69, 9.17) is 11.6 Å². The van der Waals surface area contributed by atoms with Gasteiger partial charge in [-0.25, -0.2) is 0 Å². The van der Waals surface area contributed by atoms with E-state index in [0.717, 1.165) is 13.0 Å². The van der Waals surface area contributed by atoms with Crippen molar-refractivity contribution in [2.75, 3.05) is 5.88 Å². The number of hydrogen-bond donors (Lipinski definition) is 0. The molecule has 3 heteroatoms. The maximum absolute atomic E-state index is 5.48. The Kier molecular flexibility index (Phi) is 2.58. The SMILES string of the molecule is ClCCCn1cccn1. The van der Waals surface area contributed by atoms with Gasteiger partial charge in [-0.2, -0.15) is 5.10 Å². The van der Waals surface area contributed by atoms with E-state index in [1.807, 2.05) is 16.9 Å². The van der Waals surface area contributed by atoms with E-state index >= 15 is 0 Å². The minimum Gasteiger partial charge on any atom is -0.273 e. The van der Waals surface area contributed by atoms with Crippen LogP contribution in [0.4, 0.5) is 0 Å². The van der Waals surface area contributed by atoms with Crippen LogP contribution in [0.15, 0.2) is 18.5 Å². The Balaban J connectivity index is 2.30. The molecule has 0 bridgehead atoms. The quantitative estimate of drug-likeness (QED) is 0.588. The molecule has 0 N–H and O–H groups in total. The van der Waals surface area contributed by atoms with E-state index < -0.39 is 0 Å². The van der Waals surface area contributed by atoms with Crippen molar-refractivity contribution >= 4 is 11.6 Å². The zero-order chi connectivity index (χ0) is 6.53. The highest BCUT2D eigenvalue weighted by atomic mass is 35.5. The fourth-order valence-electron chi connectivity index (χ4n) is 0.654. The lowest BCUT2D eigenvalue weighted by atomic mass is 10.5. The van der Waals surface area contributed by atoms with Crippen LogP contribution in [0.1, 0.15) is 6.42 Å². The van der Waals surface area contributed by atoms with Crippen LogP contribution in [-0.4, -0.2) is 15.7 Å². The molecule has 1 rings (SSSR count). The summed E-state index contributed by atoms with van der Waals surface area (Å²) in [6.45, 7) is 0.927. The summed E-state index contributed by atoms with van der Waals surface area (Å²) in [6.07, 6.45) is 4.70. The van der Waals surface area contributed by atoms with Crippen LogP contribution in [0.3, 0.4) is 0 Å². The van der Waals surface area contributed by atoms with Crippen molar-refractivity contribution in [2.45, 2.75) is 13.0 Å². The summed E-state index contributed by atoms with van der Waals surface area (Å²) in [4.78, 5) is 0. The number of nitrogens with zero attached hydrogens (tertiary/aromatic N) is 2. The van der Waals surface area contributed by atoms with E-state index in [2.05, 4.69) is 5.10 Å². The molecule has 1 aromatic heterocycles. The van der Waals surface area contributed by atoms with Gasteiger partial charge in [-0.15, -0.1) is 11.6 Å². The summed E-state index contributed by atoms with van der Waals surface area (Å²) in [5.41, 5.74) is 0. The Hall–Kier alpha value is -0.500. The molecule has 2 nitrogen and oxygen atoms in total. The standard InChI is InChI=1S/C6H9ClN2/c7-3-1-5-9-6-2-4-8-9/h2,4,6H,1,3,5H2. The first-order valence-electron chi connectivity index (χ1n) is 2.97.